The minimum atomic E-state index is -0.888. The van der Waals surface area contributed by atoms with E-state index in [0.717, 1.165) is 0 Å². The number of aliphatic carboxylic acids is 1. The second-order valence-corrected chi connectivity index (χ2v) is 3.11. The van der Waals surface area contributed by atoms with E-state index < -0.39 is 12.1 Å². The first-order chi connectivity index (χ1) is 7.11. The van der Waals surface area contributed by atoms with E-state index >= 15 is 0 Å². The average Bonchev–Trinajstić information content (AvgIpc) is 2.17. The fraction of sp³-hybridized carbons (Fsp3) is 0.273. The predicted molar refractivity (Wildman–Crippen MR) is 53.5 cm³/mol. The Kier molecular flexibility index (Phi) is 3.69. The minimum absolute atomic E-state index is 0.0435. The molecule has 0 aromatic heterocycles. The van der Waals surface area contributed by atoms with Gasteiger partial charge in [0.1, 0.15) is 11.8 Å². The highest BCUT2D eigenvalue weighted by Crippen LogP contribution is 2.15. The molecule has 1 N–H and O–H groups in total. The van der Waals surface area contributed by atoms with Gasteiger partial charge in [-0.3, -0.25) is 4.79 Å². The first kappa shape index (κ1) is 11.1. The Morgan fingerprint density at radius 1 is 1.67 bits per heavy atom. The monoisotopic (exact) mass is 205 g/mol. The van der Waals surface area contributed by atoms with Crippen LogP contribution in [0.3, 0.4) is 0 Å². The Hall–Kier alpha value is -2.02. The molecule has 4 nitrogen and oxygen atoms in total. The molecule has 1 aromatic carbocycles. The van der Waals surface area contributed by atoms with Gasteiger partial charge in [-0.1, -0.05) is 12.1 Å². The minimum Gasteiger partial charge on any atom is -0.481 e. The third-order valence-electron chi connectivity index (χ3n) is 1.75. The van der Waals surface area contributed by atoms with Crippen LogP contribution in [0.25, 0.3) is 0 Å². The van der Waals surface area contributed by atoms with Crippen LogP contribution in [-0.2, 0) is 11.2 Å². The molecule has 0 aliphatic carbocycles. The molecule has 0 heterocycles. The zero-order valence-electron chi connectivity index (χ0n) is 8.30. The van der Waals surface area contributed by atoms with Gasteiger partial charge in [0, 0.05) is 0 Å². The lowest BCUT2D eigenvalue weighted by Crippen LogP contribution is -2.08. The van der Waals surface area contributed by atoms with Crippen molar-refractivity contribution in [1.29, 1.82) is 5.26 Å². The summed E-state index contributed by atoms with van der Waals surface area (Å²) in [6.45, 7) is 1.63. The van der Waals surface area contributed by atoms with Gasteiger partial charge < -0.3 is 9.84 Å². The lowest BCUT2D eigenvalue weighted by Gasteiger charge is -2.08. The smallest absolute Gasteiger partial charge is 0.307 e. The maximum Gasteiger partial charge on any atom is 0.307 e. The molecule has 4 heteroatoms. The van der Waals surface area contributed by atoms with Crippen LogP contribution in [0.1, 0.15) is 12.5 Å². The molecule has 0 fully saturated rings. The van der Waals surface area contributed by atoms with Crippen LogP contribution in [0.5, 0.6) is 5.75 Å². The molecular weight excluding hydrogens is 194 g/mol. The number of rotatable bonds is 4. The summed E-state index contributed by atoms with van der Waals surface area (Å²) in [5.41, 5.74) is 0.658. The molecule has 78 valence electrons. The SMILES string of the molecule is CC(C#N)Oc1cccc(CC(=O)O)c1. The molecule has 0 saturated carbocycles. The van der Waals surface area contributed by atoms with E-state index in [1.807, 2.05) is 6.07 Å². The summed E-state index contributed by atoms with van der Waals surface area (Å²) >= 11 is 0. The molecule has 0 aliphatic heterocycles. The Bertz CT molecular complexity index is 395. The Labute approximate surface area is 87.7 Å². The molecule has 1 rings (SSSR count). The standard InChI is InChI=1S/C11H11NO3/c1-8(7-12)15-10-4-2-3-9(5-10)6-11(13)14/h2-5,8H,6H2,1H3,(H,13,14). The number of carboxylic acid groups (broad SMARTS) is 1. The fourth-order valence-corrected chi connectivity index (χ4v) is 1.13. The second kappa shape index (κ2) is 5.01. The molecule has 0 amide bonds. The maximum atomic E-state index is 10.5. The van der Waals surface area contributed by atoms with Crippen LogP contribution in [0.2, 0.25) is 0 Å². The summed E-state index contributed by atoms with van der Waals surface area (Å²) in [7, 11) is 0. The Balaban J connectivity index is 2.75. The van der Waals surface area contributed by atoms with E-state index in [1.165, 1.54) is 0 Å². The Morgan fingerprint density at radius 2 is 2.40 bits per heavy atom. The van der Waals surface area contributed by atoms with Crippen LogP contribution in [0.15, 0.2) is 24.3 Å². The molecule has 1 unspecified atom stereocenters. The summed E-state index contributed by atoms with van der Waals surface area (Å²) in [4.78, 5) is 10.5. The van der Waals surface area contributed by atoms with Crippen molar-refractivity contribution in [3.63, 3.8) is 0 Å². The number of carboxylic acids is 1. The molecule has 1 atom stereocenters. The van der Waals surface area contributed by atoms with Crippen molar-refractivity contribution < 1.29 is 14.6 Å². The highest BCUT2D eigenvalue weighted by atomic mass is 16.5. The first-order valence-electron chi connectivity index (χ1n) is 4.49. The first-order valence-corrected chi connectivity index (χ1v) is 4.49. The van der Waals surface area contributed by atoms with Gasteiger partial charge in [-0.2, -0.15) is 5.26 Å². The van der Waals surface area contributed by atoms with Crippen molar-refractivity contribution in [3.8, 4) is 11.8 Å². The van der Waals surface area contributed by atoms with Gasteiger partial charge in [0.15, 0.2) is 6.10 Å². The second-order valence-electron chi connectivity index (χ2n) is 3.11. The van der Waals surface area contributed by atoms with Crippen molar-refractivity contribution in [2.75, 3.05) is 0 Å². The molecular formula is C11H11NO3. The van der Waals surface area contributed by atoms with Gasteiger partial charge in [-0.15, -0.1) is 0 Å². The summed E-state index contributed by atoms with van der Waals surface area (Å²) < 4.78 is 5.23. The number of nitriles is 1. The molecule has 1 aromatic rings. The van der Waals surface area contributed by atoms with Crippen LogP contribution < -0.4 is 4.74 Å². The molecule has 0 radical (unpaired) electrons. The third-order valence-corrected chi connectivity index (χ3v) is 1.75. The fourth-order valence-electron chi connectivity index (χ4n) is 1.13. The van der Waals surface area contributed by atoms with Gasteiger partial charge >= 0.3 is 5.97 Å². The summed E-state index contributed by atoms with van der Waals surface area (Å²) in [5, 5.41) is 17.1. The number of hydrogen-bond donors (Lipinski definition) is 1. The molecule has 0 saturated heterocycles. The topological polar surface area (TPSA) is 70.3 Å². The van der Waals surface area contributed by atoms with Crippen LogP contribution >= 0.6 is 0 Å². The lowest BCUT2D eigenvalue weighted by atomic mass is 10.1. The van der Waals surface area contributed by atoms with Crippen molar-refractivity contribution in [3.05, 3.63) is 29.8 Å². The highest BCUT2D eigenvalue weighted by molar-refractivity contribution is 5.70. The quantitative estimate of drug-likeness (QED) is 0.810. The van der Waals surface area contributed by atoms with Crippen molar-refractivity contribution in [1.82, 2.24) is 0 Å². The summed E-state index contributed by atoms with van der Waals surface area (Å²) in [6.07, 6.45) is -0.580. The predicted octanol–water partition coefficient (Wildman–Crippen LogP) is 1.60. The molecule has 15 heavy (non-hydrogen) atoms. The zero-order chi connectivity index (χ0) is 11.3. The zero-order valence-corrected chi connectivity index (χ0v) is 8.30. The van der Waals surface area contributed by atoms with Gasteiger partial charge in [0.25, 0.3) is 0 Å². The van der Waals surface area contributed by atoms with Crippen molar-refractivity contribution in [2.24, 2.45) is 0 Å². The van der Waals surface area contributed by atoms with Crippen molar-refractivity contribution in [2.45, 2.75) is 19.4 Å². The van der Waals surface area contributed by atoms with Gasteiger partial charge in [-0.05, 0) is 24.6 Å². The van der Waals surface area contributed by atoms with Crippen LogP contribution in [0, 0.1) is 11.3 Å². The van der Waals surface area contributed by atoms with E-state index in [9.17, 15) is 4.79 Å². The van der Waals surface area contributed by atoms with E-state index in [4.69, 9.17) is 15.1 Å². The third kappa shape index (κ3) is 3.69. The summed E-state index contributed by atoms with van der Waals surface area (Å²) in [5.74, 6) is -0.372. The van der Waals surface area contributed by atoms with Crippen LogP contribution in [0.4, 0.5) is 0 Å². The van der Waals surface area contributed by atoms with Gasteiger partial charge in [-0.25, -0.2) is 0 Å². The summed E-state index contributed by atoms with van der Waals surface area (Å²) in [6, 6.07) is 8.67. The number of nitrogens with zero attached hydrogens (tertiary/aromatic N) is 1. The van der Waals surface area contributed by atoms with Gasteiger partial charge in [0.05, 0.1) is 6.42 Å². The molecule has 0 spiro atoms. The normalized spacial score (nSPS) is 11.5. The maximum absolute atomic E-state index is 10.5. The van der Waals surface area contributed by atoms with E-state index in [-0.39, 0.29) is 6.42 Å². The largest absolute Gasteiger partial charge is 0.481 e. The Morgan fingerprint density at radius 3 is 3.00 bits per heavy atom. The lowest BCUT2D eigenvalue weighted by molar-refractivity contribution is -0.136. The molecule has 0 bridgehead atoms. The number of hydrogen-bond acceptors (Lipinski definition) is 3. The highest BCUT2D eigenvalue weighted by Gasteiger charge is 2.04. The van der Waals surface area contributed by atoms with Crippen molar-refractivity contribution >= 4 is 5.97 Å². The van der Waals surface area contributed by atoms with E-state index in [1.54, 1.807) is 31.2 Å². The van der Waals surface area contributed by atoms with E-state index in [0.29, 0.717) is 11.3 Å². The molecule has 0 aliphatic rings. The van der Waals surface area contributed by atoms with Crippen LogP contribution in [-0.4, -0.2) is 17.2 Å². The number of carbonyl (C=O) groups is 1. The number of benzene rings is 1. The van der Waals surface area contributed by atoms with E-state index in [2.05, 4.69) is 0 Å². The average molecular weight is 205 g/mol. The van der Waals surface area contributed by atoms with Gasteiger partial charge in [0.2, 0.25) is 0 Å². The number of ether oxygens (including phenoxy) is 1.